The van der Waals surface area contributed by atoms with Gasteiger partial charge >= 0.3 is 0 Å². The molecular weight excluding hydrogens is 360 g/mol. The van der Waals surface area contributed by atoms with Gasteiger partial charge in [0.1, 0.15) is 5.56 Å². The monoisotopic (exact) mass is 376 g/mol. The van der Waals surface area contributed by atoms with Crippen LogP contribution in [0, 0.1) is 10.1 Å². The molecule has 120 valence electrons. The number of carbonyl (C=O) groups is 1. The van der Waals surface area contributed by atoms with Crippen LogP contribution in [0.2, 0.25) is 0 Å². The minimum Gasteiger partial charge on any atom is -0.316 e. The number of hydrogen-bond acceptors (Lipinski definition) is 4. The highest BCUT2D eigenvalue weighted by Gasteiger charge is 2.21. The highest BCUT2D eigenvalue weighted by atomic mass is 79.9. The highest BCUT2D eigenvalue weighted by Crippen LogP contribution is 2.23. The van der Waals surface area contributed by atoms with E-state index in [1.54, 1.807) is 42.5 Å². The van der Waals surface area contributed by atoms with Gasteiger partial charge in [0, 0.05) is 23.5 Å². The Morgan fingerprint density at radius 2 is 1.87 bits per heavy atom. The summed E-state index contributed by atoms with van der Waals surface area (Å²) in [6, 6.07) is 13.4. The number of ketones is 1. The first kappa shape index (κ1) is 17.3. The molecule has 0 bridgehead atoms. The van der Waals surface area contributed by atoms with Gasteiger partial charge in [0.2, 0.25) is 0 Å². The number of nitro benzene ring substituents is 1. The van der Waals surface area contributed by atoms with Gasteiger partial charge in [-0.25, -0.2) is 0 Å². The van der Waals surface area contributed by atoms with Crippen LogP contribution in [0.3, 0.4) is 0 Å². The molecule has 0 radical (unpaired) electrons. The van der Waals surface area contributed by atoms with Gasteiger partial charge in [-0.15, -0.1) is 0 Å². The maximum atomic E-state index is 12.5. The second-order valence-electron chi connectivity index (χ2n) is 4.99. The van der Waals surface area contributed by atoms with E-state index < -0.39 is 4.92 Å². The molecule has 0 aliphatic rings. The van der Waals surface area contributed by atoms with E-state index in [4.69, 9.17) is 0 Å². The van der Waals surface area contributed by atoms with Gasteiger partial charge in [-0.3, -0.25) is 14.9 Å². The van der Waals surface area contributed by atoms with Gasteiger partial charge in [0.05, 0.1) is 4.92 Å². The van der Waals surface area contributed by atoms with E-state index >= 15 is 0 Å². The minimum absolute atomic E-state index is 0.123. The van der Waals surface area contributed by atoms with Crippen molar-refractivity contribution >= 4 is 27.4 Å². The molecule has 2 rings (SSSR count). The Kier molecular flexibility index (Phi) is 6.43. The SMILES string of the molecule is O=C(c1ccccc1)c1ccc(CCNCCBr)cc1[N+](=O)[O-]. The van der Waals surface area contributed by atoms with E-state index in [1.165, 1.54) is 6.07 Å². The Balaban J connectivity index is 2.23. The first-order chi connectivity index (χ1) is 11.1. The molecule has 0 aliphatic carbocycles. The van der Waals surface area contributed by atoms with Crippen molar-refractivity contribution in [2.24, 2.45) is 0 Å². The molecule has 0 spiro atoms. The largest absolute Gasteiger partial charge is 0.316 e. The lowest BCUT2D eigenvalue weighted by Gasteiger charge is -2.06. The first-order valence-corrected chi connectivity index (χ1v) is 8.39. The number of nitrogens with zero attached hydrogens (tertiary/aromatic N) is 1. The normalized spacial score (nSPS) is 10.5. The summed E-state index contributed by atoms with van der Waals surface area (Å²) in [7, 11) is 0. The van der Waals surface area contributed by atoms with Crippen LogP contribution >= 0.6 is 15.9 Å². The van der Waals surface area contributed by atoms with E-state index in [2.05, 4.69) is 21.2 Å². The van der Waals surface area contributed by atoms with Gasteiger partial charge in [-0.05, 0) is 24.6 Å². The molecule has 0 unspecified atom stereocenters. The highest BCUT2D eigenvalue weighted by molar-refractivity contribution is 9.09. The summed E-state index contributed by atoms with van der Waals surface area (Å²) in [6.45, 7) is 1.57. The zero-order valence-corrected chi connectivity index (χ0v) is 14.1. The van der Waals surface area contributed by atoms with Crippen LogP contribution in [-0.4, -0.2) is 29.1 Å². The smallest absolute Gasteiger partial charge is 0.280 e. The van der Waals surface area contributed by atoms with E-state index in [9.17, 15) is 14.9 Å². The average molecular weight is 377 g/mol. The Labute approximate surface area is 143 Å². The van der Waals surface area contributed by atoms with Crippen LogP contribution in [0.4, 0.5) is 5.69 Å². The minimum atomic E-state index is -0.494. The van der Waals surface area contributed by atoms with Crippen molar-refractivity contribution in [3.8, 4) is 0 Å². The first-order valence-electron chi connectivity index (χ1n) is 7.27. The summed E-state index contributed by atoms with van der Waals surface area (Å²) in [6.07, 6.45) is 0.674. The van der Waals surface area contributed by atoms with Crippen LogP contribution in [0.25, 0.3) is 0 Å². The number of nitrogens with one attached hydrogen (secondary N) is 1. The van der Waals surface area contributed by atoms with E-state index in [1.807, 2.05) is 0 Å². The van der Waals surface area contributed by atoms with E-state index in [0.717, 1.165) is 24.0 Å². The van der Waals surface area contributed by atoms with Gasteiger partial charge in [-0.2, -0.15) is 0 Å². The molecule has 0 atom stereocenters. The van der Waals surface area contributed by atoms with Crippen LogP contribution in [0.15, 0.2) is 48.5 Å². The maximum absolute atomic E-state index is 12.5. The van der Waals surface area contributed by atoms with Crippen molar-refractivity contribution < 1.29 is 9.72 Å². The van der Waals surface area contributed by atoms with Gasteiger partial charge in [-0.1, -0.05) is 52.3 Å². The summed E-state index contributed by atoms with van der Waals surface area (Å²) >= 11 is 3.32. The van der Waals surface area contributed by atoms with Crippen molar-refractivity contribution in [2.75, 3.05) is 18.4 Å². The van der Waals surface area contributed by atoms with Crippen molar-refractivity contribution in [1.82, 2.24) is 5.32 Å². The fourth-order valence-corrected chi connectivity index (χ4v) is 2.53. The summed E-state index contributed by atoms with van der Waals surface area (Å²) in [5.74, 6) is -0.332. The Morgan fingerprint density at radius 3 is 2.52 bits per heavy atom. The predicted molar refractivity (Wildman–Crippen MR) is 93.3 cm³/mol. The van der Waals surface area contributed by atoms with Crippen molar-refractivity contribution in [3.05, 3.63) is 75.3 Å². The van der Waals surface area contributed by atoms with Crippen molar-refractivity contribution in [3.63, 3.8) is 0 Å². The number of rotatable bonds is 8. The molecule has 23 heavy (non-hydrogen) atoms. The van der Waals surface area contributed by atoms with Crippen LogP contribution in [0.5, 0.6) is 0 Å². The molecular formula is C17H17BrN2O3. The Hall–Kier alpha value is -2.05. The average Bonchev–Trinajstić information content (AvgIpc) is 2.58. The molecule has 0 aromatic heterocycles. The fraction of sp³-hybridized carbons (Fsp3) is 0.235. The molecule has 0 amide bonds. The van der Waals surface area contributed by atoms with Crippen LogP contribution in [0.1, 0.15) is 21.5 Å². The number of benzene rings is 2. The quantitative estimate of drug-likeness (QED) is 0.252. The van der Waals surface area contributed by atoms with E-state index in [-0.39, 0.29) is 17.0 Å². The number of alkyl halides is 1. The van der Waals surface area contributed by atoms with Crippen LogP contribution in [-0.2, 0) is 6.42 Å². The molecule has 1 N–H and O–H groups in total. The molecule has 5 nitrogen and oxygen atoms in total. The molecule has 2 aromatic carbocycles. The molecule has 6 heteroatoms. The fourth-order valence-electron chi connectivity index (χ4n) is 2.25. The lowest BCUT2D eigenvalue weighted by molar-refractivity contribution is -0.385. The third-order valence-corrected chi connectivity index (χ3v) is 3.80. The summed E-state index contributed by atoms with van der Waals surface area (Å²) in [4.78, 5) is 23.3. The van der Waals surface area contributed by atoms with E-state index in [0.29, 0.717) is 12.0 Å². The topological polar surface area (TPSA) is 72.2 Å². The Bertz CT molecular complexity index is 689. The number of carbonyl (C=O) groups excluding carboxylic acids is 1. The lowest BCUT2D eigenvalue weighted by Crippen LogP contribution is -2.19. The molecule has 2 aromatic rings. The molecule has 0 saturated heterocycles. The van der Waals surface area contributed by atoms with Gasteiger partial charge in [0.15, 0.2) is 5.78 Å². The maximum Gasteiger partial charge on any atom is 0.280 e. The Morgan fingerprint density at radius 1 is 1.13 bits per heavy atom. The number of hydrogen-bond donors (Lipinski definition) is 1. The standard InChI is InChI=1S/C17H17BrN2O3/c18-9-11-19-10-8-13-6-7-15(16(12-13)20(22)23)17(21)14-4-2-1-3-5-14/h1-7,12,19H,8-11H2. The summed E-state index contributed by atoms with van der Waals surface area (Å²) in [5.41, 5.74) is 1.26. The predicted octanol–water partition coefficient (Wildman–Crippen LogP) is 3.35. The second kappa shape index (κ2) is 8.55. The summed E-state index contributed by atoms with van der Waals surface area (Å²) in [5, 5.41) is 15.4. The van der Waals surface area contributed by atoms with Crippen molar-refractivity contribution in [1.29, 1.82) is 0 Å². The zero-order valence-electron chi connectivity index (χ0n) is 12.5. The van der Waals surface area contributed by atoms with Gasteiger partial charge in [0.25, 0.3) is 5.69 Å². The summed E-state index contributed by atoms with van der Waals surface area (Å²) < 4.78 is 0. The molecule has 0 saturated carbocycles. The third-order valence-electron chi connectivity index (χ3n) is 3.40. The van der Waals surface area contributed by atoms with Gasteiger partial charge < -0.3 is 5.32 Å². The van der Waals surface area contributed by atoms with Crippen molar-refractivity contribution in [2.45, 2.75) is 6.42 Å². The van der Waals surface area contributed by atoms with Crippen LogP contribution < -0.4 is 5.32 Å². The molecule has 0 fully saturated rings. The zero-order chi connectivity index (χ0) is 16.7. The number of halogens is 1. The second-order valence-corrected chi connectivity index (χ2v) is 5.79. The number of nitro groups is 1. The lowest BCUT2D eigenvalue weighted by atomic mass is 9.99. The molecule has 0 aliphatic heterocycles. The molecule has 0 heterocycles. The third kappa shape index (κ3) is 4.71.